The summed E-state index contributed by atoms with van der Waals surface area (Å²) < 4.78 is 5.05. The van der Waals surface area contributed by atoms with E-state index in [9.17, 15) is 0 Å². The molecule has 2 heterocycles. The Bertz CT molecular complexity index is 722. The van der Waals surface area contributed by atoms with Crippen LogP contribution in [0.2, 0.25) is 0 Å². The second kappa shape index (κ2) is 4.56. The van der Waals surface area contributed by atoms with Crippen LogP contribution in [0.1, 0.15) is 11.7 Å². The molecule has 0 aliphatic carbocycles. The minimum atomic E-state index is 0.455. The van der Waals surface area contributed by atoms with Crippen molar-refractivity contribution in [3.05, 3.63) is 42.2 Å². The van der Waals surface area contributed by atoms with Crippen molar-refractivity contribution in [3.8, 4) is 0 Å². The van der Waals surface area contributed by atoms with Crippen molar-refractivity contribution in [2.75, 3.05) is 11.1 Å². The van der Waals surface area contributed by atoms with Crippen LogP contribution in [0.5, 0.6) is 0 Å². The molecular weight excluding hydrogens is 242 g/mol. The van der Waals surface area contributed by atoms with Crippen molar-refractivity contribution in [2.24, 2.45) is 0 Å². The highest BCUT2D eigenvalue weighted by atomic mass is 16.5. The number of hydrogen-bond acceptors (Lipinski definition) is 6. The first kappa shape index (κ1) is 11.5. The summed E-state index contributed by atoms with van der Waals surface area (Å²) >= 11 is 0. The van der Waals surface area contributed by atoms with E-state index in [4.69, 9.17) is 10.3 Å². The molecule has 6 heteroatoms. The number of nitrogens with one attached hydrogen (secondary N) is 1. The second-order valence-electron chi connectivity index (χ2n) is 4.19. The van der Waals surface area contributed by atoms with Gasteiger partial charge in [0, 0.05) is 17.3 Å². The highest BCUT2D eigenvalue weighted by molar-refractivity contribution is 5.98. The zero-order chi connectivity index (χ0) is 13.2. The predicted molar refractivity (Wildman–Crippen MR) is 72.5 cm³/mol. The molecule has 0 spiro atoms. The Morgan fingerprint density at radius 3 is 3.00 bits per heavy atom. The van der Waals surface area contributed by atoms with Gasteiger partial charge in [0.15, 0.2) is 5.82 Å². The van der Waals surface area contributed by atoms with Crippen molar-refractivity contribution in [3.63, 3.8) is 0 Å². The number of nitrogens with two attached hydrogens (primary N) is 1. The lowest BCUT2D eigenvalue weighted by Gasteiger charge is -2.08. The van der Waals surface area contributed by atoms with Crippen molar-refractivity contribution in [1.82, 2.24) is 15.1 Å². The SMILES string of the molecule is Cc1noc(CNc2ccc(N)c3cccnc23)n1. The standard InChI is InChI=1S/C13H13N5O/c1-8-17-12(19-18-8)7-16-11-5-4-10(14)9-3-2-6-15-13(9)11/h2-6,16H,7,14H2,1H3. The van der Waals surface area contributed by atoms with Gasteiger partial charge in [-0.05, 0) is 31.2 Å². The molecule has 0 aliphatic rings. The lowest BCUT2D eigenvalue weighted by molar-refractivity contribution is 0.379. The highest BCUT2D eigenvalue weighted by Crippen LogP contribution is 2.26. The van der Waals surface area contributed by atoms with Crippen molar-refractivity contribution in [2.45, 2.75) is 13.5 Å². The van der Waals surface area contributed by atoms with E-state index >= 15 is 0 Å². The number of rotatable bonds is 3. The van der Waals surface area contributed by atoms with Gasteiger partial charge >= 0.3 is 0 Å². The summed E-state index contributed by atoms with van der Waals surface area (Å²) in [5, 5.41) is 7.90. The Balaban J connectivity index is 1.91. The Labute approximate surface area is 109 Å². The maximum absolute atomic E-state index is 5.93. The van der Waals surface area contributed by atoms with E-state index in [2.05, 4.69) is 20.4 Å². The summed E-state index contributed by atoms with van der Waals surface area (Å²) in [6, 6.07) is 7.56. The molecule has 0 atom stereocenters. The molecular formula is C13H13N5O. The van der Waals surface area contributed by atoms with Crippen LogP contribution in [0.3, 0.4) is 0 Å². The fraction of sp³-hybridized carbons (Fsp3) is 0.154. The number of fused-ring (bicyclic) bond motifs is 1. The van der Waals surface area contributed by atoms with Crippen LogP contribution >= 0.6 is 0 Å². The molecule has 0 bridgehead atoms. The van der Waals surface area contributed by atoms with E-state index in [1.54, 1.807) is 13.1 Å². The van der Waals surface area contributed by atoms with Crippen molar-refractivity contribution >= 4 is 22.3 Å². The zero-order valence-corrected chi connectivity index (χ0v) is 10.4. The maximum Gasteiger partial charge on any atom is 0.245 e. The van der Waals surface area contributed by atoms with E-state index < -0.39 is 0 Å². The lowest BCUT2D eigenvalue weighted by atomic mass is 10.1. The number of hydrogen-bond donors (Lipinski definition) is 2. The van der Waals surface area contributed by atoms with E-state index in [-0.39, 0.29) is 0 Å². The number of pyridine rings is 1. The van der Waals surface area contributed by atoms with Gasteiger partial charge in [-0.15, -0.1) is 0 Å². The summed E-state index contributed by atoms with van der Waals surface area (Å²) in [5.74, 6) is 1.16. The second-order valence-corrected chi connectivity index (χ2v) is 4.19. The van der Waals surface area contributed by atoms with Gasteiger partial charge < -0.3 is 15.6 Å². The van der Waals surface area contributed by atoms with E-state index in [1.807, 2.05) is 24.3 Å². The Kier molecular flexibility index (Phi) is 2.75. The van der Waals surface area contributed by atoms with Crippen LogP contribution in [0.25, 0.3) is 10.9 Å². The third kappa shape index (κ3) is 2.20. The molecule has 2 aromatic heterocycles. The molecule has 6 nitrogen and oxygen atoms in total. The first-order valence-corrected chi connectivity index (χ1v) is 5.90. The normalized spacial score (nSPS) is 10.8. The molecule has 0 fully saturated rings. The number of aromatic nitrogens is 3. The average Bonchev–Trinajstić information content (AvgIpc) is 2.84. The Hall–Kier alpha value is -2.63. The van der Waals surface area contributed by atoms with E-state index in [0.29, 0.717) is 23.9 Å². The molecule has 0 radical (unpaired) electrons. The molecule has 19 heavy (non-hydrogen) atoms. The third-order valence-electron chi connectivity index (χ3n) is 2.80. The van der Waals surface area contributed by atoms with Crippen LogP contribution in [-0.2, 0) is 6.54 Å². The molecule has 0 amide bonds. The number of anilines is 2. The van der Waals surface area contributed by atoms with Crippen LogP contribution in [-0.4, -0.2) is 15.1 Å². The van der Waals surface area contributed by atoms with Gasteiger partial charge in [-0.2, -0.15) is 4.98 Å². The van der Waals surface area contributed by atoms with Gasteiger partial charge in [-0.3, -0.25) is 4.98 Å². The zero-order valence-electron chi connectivity index (χ0n) is 10.4. The summed E-state index contributed by atoms with van der Waals surface area (Å²) in [5.41, 5.74) is 8.36. The molecule has 3 rings (SSSR count). The topological polar surface area (TPSA) is 89.9 Å². The Morgan fingerprint density at radius 2 is 2.21 bits per heavy atom. The number of benzene rings is 1. The Morgan fingerprint density at radius 1 is 1.32 bits per heavy atom. The third-order valence-corrected chi connectivity index (χ3v) is 2.80. The summed E-state index contributed by atoms with van der Waals surface area (Å²) in [7, 11) is 0. The fourth-order valence-electron chi connectivity index (χ4n) is 1.92. The summed E-state index contributed by atoms with van der Waals surface area (Å²) in [6.45, 7) is 2.24. The van der Waals surface area contributed by atoms with Crippen LogP contribution < -0.4 is 11.1 Å². The van der Waals surface area contributed by atoms with Gasteiger partial charge in [-0.1, -0.05) is 5.16 Å². The molecule has 1 aromatic carbocycles. The van der Waals surface area contributed by atoms with E-state index in [1.165, 1.54) is 0 Å². The maximum atomic E-state index is 5.93. The first-order valence-electron chi connectivity index (χ1n) is 5.90. The number of nitrogens with zero attached hydrogens (tertiary/aromatic N) is 3. The average molecular weight is 255 g/mol. The van der Waals surface area contributed by atoms with Crippen LogP contribution in [0, 0.1) is 6.92 Å². The van der Waals surface area contributed by atoms with Crippen LogP contribution in [0.15, 0.2) is 35.0 Å². The minimum Gasteiger partial charge on any atom is -0.398 e. The van der Waals surface area contributed by atoms with Gasteiger partial charge in [0.25, 0.3) is 0 Å². The van der Waals surface area contributed by atoms with E-state index in [0.717, 1.165) is 16.6 Å². The molecule has 0 unspecified atom stereocenters. The minimum absolute atomic E-state index is 0.455. The molecule has 0 saturated heterocycles. The molecule has 96 valence electrons. The van der Waals surface area contributed by atoms with Gasteiger partial charge in [0.2, 0.25) is 5.89 Å². The van der Waals surface area contributed by atoms with Gasteiger partial charge in [-0.25, -0.2) is 0 Å². The smallest absolute Gasteiger partial charge is 0.245 e. The van der Waals surface area contributed by atoms with Crippen molar-refractivity contribution < 1.29 is 4.52 Å². The monoisotopic (exact) mass is 255 g/mol. The lowest BCUT2D eigenvalue weighted by Crippen LogP contribution is -2.02. The predicted octanol–water partition coefficient (Wildman–Crippen LogP) is 2.12. The number of nitrogen functional groups attached to an aromatic ring is 1. The van der Waals surface area contributed by atoms with Crippen LogP contribution in [0.4, 0.5) is 11.4 Å². The largest absolute Gasteiger partial charge is 0.398 e. The van der Waals surface area contributed by atoms with Gasteiger partial charge in [0.1, 0.15) is 0 Å². The number of aryl methyl sites for hydroxylation is 1. The fourth-order valence-corrected chi connectivity index (χ4v) is 1.92. The summed E-state index contributed by atoms with van der Waals surface area (Å²) in [6.07, 6.45) is 1.74. The molecule has 3 N–H and O–H groups in total. The summed E-state index contributed by atoms with van der Waals surface area (Å²) in [4.78, 5) is 8.49. The molecule has 0 saturated carbocycles. The van der Waals surface area contributed by atoms with Gasteiger partial charge in [0.05, 0.1) is 17.7 Å². The highest BCUT2D eigenvalue weighted by Gasteiger charge is 2.07. The first-order chi connectivity index (χ1) is 9.24. The molecule has 3 aromatic rings. The van der Waals surface area contributed by atoms with Crippen molar-refractivity contribution in [1.29, 1.82) is 0 Å². The molecule has 0 aliphatic heterocycles. The quantitative estimate of drug-likeness (QED) is 0.697.